The molecule has 0 aliphatic rings. The third-order valence-electron chi connectivity index (χ3n) is 3.84. The van der Waals surface area contributed by atoms with Crippen LogP contribution in [-0.4, -0.2) is 36.1 Å². The van der Waals surface area contributed by atoms with Gasteiger partial charge in [0.25, 0.3) is 0 Å². The maximum Gasteiger partial charge on any atom is 0.247 e. The van der Waals surface area contributed by atoms with Crippen molar-refractivity contribution in [1.82, 2.24) is 15.2 Å². The maximum absolute atomic E-state index is 13.1. The lowest BCUT2D eigenvalue weighted by Gasteiger charge is -2.09. The molecule has 5 nitrogen and oxygen atoms in total. The van der Waals surface area contributed by atoms with E-state index in [2.05, 4.69) is 46.3 Å². The van der Waals surface area contributed by atoms with Gasteiger partial charge in [-0.05, 0) is 12.1 Å². The monoisotopic (exact) mass is 387 g/mol. The van der Waals surface area contributed by atoms with E-state index >= 15 is 0 Å². The quantitative estimate of drug-likeness (QED) is 0.384. The van der Waals surface area contributed by atoms with Gasteiger partial charge in [0.1, 0.15) is 8.07 Å². The number of hydrogen-bond donors (Lipinski definition) is 0. The minimum atomic E-state index is -1.58. The number of ketones is 1. The topological polar surface area (TPSA) is 65.0 Å². The van der Waals surface area contributed by atoms with Crippen LogP contribution in [0.25, 0.3) is 11.4 Å². The molecule has 0 fully saturated rings. The van der Waals surface area contributed by atoms with Crippen LogP contribution >= 0.6 is 0 Å². The number of carbonyl (C=O) groups is 1. The SMILES string of the molecule is COc1nc(-c2ccccc2)nnc1C(=O)c1ccccc1C#C[Si](C)(C)C. The molecule has 0 saturated heterocycles. The summed E-state index contributed by atoms with van der Waals surface area (Å²) in [7, 11) is -0.112. The van der Waals surface area contributed by atoms with Gasteiger partial charge in [-0.25, -0.2) is 0 Å². The predicted molar refractivity (Wildman–Crippen MR) is 112 cm³/mol. The maximum atomic E-state index is 13.1. The van der Waals surface area contributed by atoms with Crippen molar-refractivity contribution in [2.45, 2.75) is 19.6 Å². The van der Waals surface area contributed by atoms with E-state index in [0.717, 1.165) is 5.56 Å². The Bertz CT molecular complexity index is 1060. The van der Waals surface area contributed by atoms with E-state index in [4.69, 9.17) is 4.74 Å². The molecule has 0 radical (unpaired) electrons. The first-order valence-electron chi connectivity index (χ1n) is 8.90. The van der Waals surface area contributed by atoms with Crippen LogP contribution in [-0.2, 0) is 0 Å². The third kappa shape index (κ3) is 4.51. The molecule has 28 heavy (non-hydrogen) atoms. The Hall–Kier alpha value is -3.30. The zero-order chi connectivity index (χ0) is 20.1. The smallest absolute Gasteiger partial charge is 0.247 e. The van der Waals surface area contributed by atoms with Crippen molar-refractivity contribution in [3.63, 3.8) is 0 Å². The highest BCUT2D eigenvalue weighted by molar-refractivity contribution is 6.83. The zero-order valence-electron chi connectivity index (χ0n) is 16.4. The minimum absolute atomic E-state index is 0.0736. The second-order valence-corrected chi connectivity index (χ2v) is 12.0. The van der Waals surface area contributed by atoms with Crippen molar-refractivity contribution in [2.24, 2.45) is 0 Å². The number of hydrogen-bond acceptors (Lipinski definition) is 5. The molecule has 0 atom stereocenters. The first kappa shape index (κ1) is 19.5. The molecule has 6 heteroatoms. The molecule has 0 amide bonds. The van der Waals surface area contributed by atoms with E-state index in [-0.39, 0.29) is 17.4 Å². The summed E-state index contributed by atoms with van der Waals surface area (Å²) in [6, 6.07) is 16.7. The Morgan fingerprint density at radius 2 is 1.64 bits per heavy atom. The highest BCUT2D eigenvalue weighted by Gasteiger charge is 2.22. The lowest BCUT2D eigenvalue weighted by atomic mass is 10.0. The van der Waals surface area contributed by atoms with Gasteiger partial charge in [0.15, 0.2) is 11.5 Å². The van der Waals surface area contributed by atoms with Crippen molar-refractivity contribution < 1.29 is 9.53 Å². The molecule has 2 aromatic carbocycles. The van der Waals surface area contributed by atoms with Gasteiger partial charge in [-0.2, -0.15) is 4.98 Å². The molecule has 0 saturated carbocycles. The molecule has 3 aromatic rings. The Labute approximate surface area is 165 Å². The van der Waals surface area contributed by atoms with Gasteiger partial charge in [-0.1, -0.05) is 68.0 Å². The molecule has 3 rings (SSSR count). The minimum Gasteiger partial charge on any atom is -0.479 e. The van der Waals surface area contributed by atoms with Gasteiger partial charge in [0.2, 0.25) is 11.7 Å². The fourth-order valence-corrected chi connectivity index (χ4v) is 2.99. The summed E-state index contributed by atoms with van der Waals surface area (Å²) in [5.41, 5.74) is 5.31. The second kappa shape index (κ2) is 8.15. The van der Waals surface area contributed by atoms with Crippen molar-refractivity contribution in [1.29, 1.82) is 0 Å². The molecule has 0 unspecified atom stereocenters. The van der Waals surface area contributed by atoms with E-state index in [9.17, 15) is 4.79 Å². The van der Waals surface area contributed by atoms with E-state index in [0.29, 0.717) is 17.0 Å². The van der Waals surface area contributed by atoms with Crippen LogP contribution < -0.4 is 4.74 Å². The lowest BCUT2D eigenvalue weighted by molar-refractivity contribution is 0.102. The summed E-state index contributed by atoms with van der Waals surface area (Å²) >= 11 is 0. The fraction of sp³-hybridized carbons (Fsp3) is 0.182. The number of nitrogens with zero attached hydrogens (tertiary/aromatic N) is 3. The molecule has 1 heterocycles. The highest BCUT2D eigenvalue weighted by atomic mass is 28.3. The average molecular weight is 388 g/mol. The molecule has 0 N–H and O–H groups in total. The van der Waals surface area contributed by atoms with Crippen molar-refractivity contribution in [3.05, 3.63) is 71.4 Å². The highest BCUT2D eigenvalue weighted by Crippen LogP contribution is 2.22. The zero-order valence-corrected chi connectivity index (χ0v) is 17.4. The van der Waals surface area contributed by atoms with Gasteiger partial charge >= 0.3 is 0 Å². The Morgan fingerprint density at radius 3 is 2.32 bits per heavy atom. The van der Waals surface area contributed by atoms with E-state index in [1.165, 1.54) is 7.11 Å². The molecule has 1 aromatic heterocycles. The normalized spacial score (nSPS) is 10.7. The molecule has 0 aliphatic heterocycles. The van der Waals surface area contributed by atoms with Gasteiger partial charge < -0.3 is 4.74 Å². The van der Waals surface area contributed by atoms with Gasteiger partial charge in [-0.3, -0.25) is 4.79 Å². The van der Waals surface area contributed by atoms with Crippen LogP contribution in [0.4, 0.5) is 0 Å². The summed E-state index contributed by atoms with van der Waals surface area (Å²) in [6.07, 6.45) is 0. The van der Waals surface area contributed by atoms with Gasteiger partial charge in [0, 0.05) is 16.7 Å². The van der Waals surface area contributed by atoms with E-state index < -0.39 is 8.07 Å². The number of aromatic nitrogens is 3. The van der Waals surface area contributed by atoms with Crippen LogP contribution in [0.2, 0.25) is 19.6 Å². The molecule has 140 valence electrons. The number of carbonyl (C=O) groups excluding carboxylic acids is 1. The van der Waals surface area contributed by atoms with Crippen LogP contribution in [0.3, 0.4) is 0 Å². The van der Waals surface area contributed by atoms with Crippen molar-refractivity contribution in [2.75, 3.05) is 7.11 Å². The van der Waals surface area contributed by atoms with Gasteiger partial charge in [-0.15, -0.1) is 15.7 Å². The first-order chi connectivity index (χ1) is 13.4. The number of benzene rings is 2. The molecule has 0 bridgehead atoms. The number of rotatable bonds is 4. The third-order valence-corrected chi connectivity index (χ3v) is 4.71. The van der Waals surface area contributed by atoms with Crippen LogP contribution in [0.1, 0.15) is 21.6 Å². The number of ether oxygens (including phenoxy) is 1. The molecular weight excluding hydrogens is 366 g/mol. The van der Waals surface area contributed by atoms with Crippen LogP contribution in [0.5, 0.6) is 5.88 Å². The predicted octanol–water partition coefficient (Wildman–Crippen LogP) is 4.01. The molecule has 0 aliphatic carbocycles. The van der Waals surface area contributed by atoms with Crippen LogP contribution in [0, 0.1) is 11.5 Å². The second-order valence-electron chi connectivity index (χ2n) is 7.23. The first-order valence-corrected chi connectivity index (χ1v) is 12.4. The summed E-state index contributed by atoms with van der Waals surface area (Å²) < 4.78 is 5.34. The summed E-state index contributed by atoms with van der Waals surface area (Å²) in [6.45, 7) is 6.47. The van der Waals surface area contributed by atoms with E-state index in [1.54, 1.807) is 12.1 Å². The van der Waals surface area contributed by atoms with Crippen molar-refractivity contribution >= 4 is 13.9 Å². The van der Waals surface area contributed by atoms with Crippen LogP contribution in [0.15, 0.2) is 54.6 Å². The standard InChI is InChI=1S/C22H21N3O2Si/c1-27-22-19(24-25-21(23-22)17-11-6-5-7-12-17)20(26)18-13-9-8-10-16(18)14-15-28(2,3)4/h5-13H,1-4H3. The van der Waals surface area contributed by atoms with Crippen molar-refractivity contribution in [3.8, 4) is 28.7 Å². The largest absolute Gasteiger partial charge is 0.479 e. The number of methoxy groups -OCH3 is 1. The summed E-state index contributed by atoms with van der Waals surface area (Å²) in [5, 5.41) is 8.25. The van der Waals surface area contributed by atoms with E-state index in [1.807, 2.05) is 42.5 Å². The summed E-state index contributed by atoms with van der Waals surface area (Å²) in [5.74, 6) is 3.40. The Morgan fingerprint density at radius 1 is 0.964 bits per heavy atom. The average Bonchev–Trinajstić information content (AvgIpc) is 2.71. The summed E-state index contributed by atoms with van der Waals surface area (Å²) in [4.78, 5) is 17.5. The fourth-order valence-electron chi connectivity index (χ4n) is 2.48. The Balaban J connectivity index is 2.03. The lowest BCUT2D eigenvalue weighted by Crippen LogP contribution is -2.16. The molecule has 0 spiro atoms. The molecular formula is C22H21N3O2Si. The van der Waals surface area contributed by atoms with Gasteiger partial charge in [0.05, 0.1) is 7.11 Å². The Kier molecular flexibility index (Phi) is 5.67.